The molecular formula is C11H14O. The van der Waals surface area contributed by atoms with E-state index in [0.717, 1.165) is 11.6 Å². The molecule has 0 aliphatic rings. The van der Waals surface area contributed by atoms with Crippen LogP contribution in [0, 0.1) is 0 Å². The number of phenols is 1. The minimum absolute atomic E-state index is 0.334. The highest BCUT2D eigenvalue weighted by atomic mass is 16.3. The van der Waals surface area contributed by atoms with Crippen molar-refractivity contribution in [3.05, 3.63) is 28.6 Å². The van der Waals surface area contributed by atoms with Crippen molar-refractivity contribution in [2.24, 2.45) is 0 Å². The van der Waals surface area contributed by atoms with Crippen molar-refractivity contribution in [3.8, 4) is 5.75 Å². The van der Waals surface area contributed by atoms with Crippen LogP contribution in [0.15, 0.2) is 18.2 Å². The van der Waals surface area contributed by atoms with E-state index in [2.05, 4.69) is 13.0 Å². The molecule has 0 fully saturated rings. The zero-order chi connectivity index (χ0) is 8.97. The van der Waals surface area contributed by atoms with Crippen LogP contribution in [-0.2, 0) is 0 Å². The molecule has 0 aliphatic heterocycles. The molecule has 0 heterocycles. The van der Waals surface area contributed by atoms with Crippen LogP contribution >= 0.6 is 0 Å². The van der Waals surface area contributed by atoms with Crippen LogP contribution in [0.2, 0.25) is 0 Å². The molecule has 1 N–H and O–H groups in total. The number of phenolic OH excluding ortho intramolecular Hbond substituents is 1. The Labute approximate surface area is 72.7 Å². The van der Waals surface area contributed by atoms with Crippen LogP contribution in [-0.4, -0.2) is 5.11 Å². The third kappa shape index (κ3) is 1.88. The summed E-state index contributed by atoms with van der Waals surface area (Å²) >= 11 is 0. The molecule has 0 amide bonds. The molecule has 1 heteroatoms. The Morgan fingerprint density at radius 1 is 1.33 bits per heavy atom. The first-order chi connectivity index (χ1) is 5.77. The van der Waals surface area contributed by atoms with Gasteiger partial charge in [-0.05, 0) is 35.9 Å². The lowest BCUT2D eigenvalue weighted by atomic mass is 10.2. The number of hydrogen-bond acceptors (Lipinski definition) is 1. The van der Waals surface area contributed by atoms with Crippen LogP contribution < -0.4 is 10.4 Å². The van der Waals surface area contributed by atoms with Crippen LogP contribution in [0.4, 0.5) is 0 Å². The number of rotatable bonds is 1. The highest BCUT2D eigenvalue weighted by Crippen LogP contribution is 1.98. The van der Waals surface area contributed by atoms with Crippen molar-refractivity contribution < 1.29 is 5.11 Å². The molecule has 1 rings (SSSR count). The lowest BCUT2D eigenvalue weighted by molar-refractivity contribution is 0.474. The van der Waals surface area contributed by atoms with Gasteiger partial charge in [-0.25, -0.2) is 0 Å². The Morgan fingerprint density at radius 3 is 2.67 bits per heavy atom. The fraction of sp³-hybridized carbons (Fsp3) is 0.273. The summed E-state index contributed by atoms with van der Waals surface area (Å²) in [5.74, 6) is 0.334. The summed E-state index contributed by atoms with van der Waals surface area (Å²) in [6, 6.07) is 5.43. The van der Waals surface area contributed by atoms with Gasteiger partial charge in [-0.15, -0.1) is 0 Å². The Balaban J connectivity index is 3.43. The van der Waals surface area contributed by atoms with Gasteiger partial charge in [0.2, 0.25) is 0 Å². The van der Waals surface area contributed by atoms with Crippen molar-refractivity contribution in [2.45, 2.75) is 20.3 Å². The Kier molecular flexibility index (Phi) is 2.92. The summed E-state index contributed by atoms with van der Waals surface area (Å²) in [4.78, 5) is 0. The average molecular weight is 162 g/mol. The third-order valence-corrected chi connectivity index (χ3v) is 1.81. The van der Waals surface area contributed by atoms with Gasteiger partial charge >= 0.3 is 0 Å². The first kappa shape index (κ1) is 8.85. The molecule has 0 radical (unpaired) electrons. The van der Waals surface area contributed by atoms with Gasteiger partial charge in [-0.2, -0.15) is 0 Å². The third-order valence-electron chi connectivity index (χ3n) is 1.81. The van der Waals surface area contributed by atoms with Crippen molar-refractivity contribution in [1.29, 1.82) is 0 Å². The normalized spacial score (nSPS) is 13.8. The molecule has 1 aromatic rings. The Morgan fingerprint density at radius 2 is 2.08 bits per heavy atom. The molecular weight excluding hydrogens is 148 g/mol. The quantitative estimate of drug-likeness (QED) is 0.661. The van der Waals surface area contributed by atoms with E-state index < -0.39 is 0 Å². The SMILES string of the molecule is C/C=c1/ccc(O)c/c1=C/CC. The monoisotopic (exact) mass is 162 g/mol. The van der Waals surface area contributed by atoms with E-state index in [1.165, 1.54) is 5.22 Å². The van der Waals surface area contributed by atoms with Gasteiger partial charge in [0.15, 0.2) is 0 Å². The molecule has 1 aromatic carbocycles. The van der Waals surface area contributed by atoms with Gasteiger partial charge in [0, 0.05) is 0 Å². The smallest absolute Gasteiger partial charge is 0.116 e. The molecule has 0 aliphatic carbocycles. The fourth-order valence-corrected chi connectivity index (χ4v) is 1.22. The Bertz CT molecular complexity index is 363. The van der Waals surface area contributed by atoms with Crippen molar-refractivity contribution in [1.82, 2.24) is 0 Å². The molecule has 0 spiro atoms. The molecule has 0 bridgehead atoms. The molecule has 0 saturated heterocycles. The van der Waals surface area contributed by atoms with Crippen LogP contribution in [0.3, 0.4) is 0 Å². The molecule has 0 saturated carbocycles. The highest BCUT2D eigenvalue weighted by molar-refractivity contribution is 5.34. The first-order valence-electron chi connectivity index (χ1n) is 4.23. The van der Waals surface area contributed by atoms with Gasteiger partial charge in [-0.1, -0.05) is 25.1 Å². The second kappa shape index (κ2) is 3.96. The van der Waals surface area contributed by atoms with E-state index >= 15 is 0 Å². The number of aromatic hydroxyl groups is 1. The van der Waals surface area contributed by atoms with E-state index in [0.29, 0.717) is 5.75 Å². The number of benzene rings is 1. The molecule has 0 aromatic heterocycles. The maximum absolute atomic E-state index is 9.23. The second-order valence-corrected chi connectivity index (χ2v) is 2.71. The summed E-state index contributed by atoms with van der Waals surface area (Å²) in [6.07, 6.45) is 5.14. The largest absolute Gasteiger partial charge is 0.508 e. The topological polar surface area (TPSA) is 20.2 Å². The average Bonchev–Trinajstić information content (AvgIpc) is 2.05. The highest BCUT2D eigenvalue weighted by Gasteiger charge is 1.86. The van der Waals surface area contributed by atoms with Crippen molar-refractivity contribution in [3.63, 3.8) is 0 Å². The van der Waals surface area contributed by atoms with Gasteiger partial charge in [0.1, 0.15) is 5.75 Å². The first-order valence-corrected chi connectivity index (χ1v) is 4.23. The van der Waals surface area contributed by atoms with Gasteiger partial charge in [0.25, 0.3) is 0 Å². The lowest BCUT2D eigenvalue weighted by Gasteiger charge is -1.92. The predicted octanol–water partition coefficient (Wildman–Crippen LogP) is 1.38. The van der Waals surface area contributed by atoms with E-state index in [1.54, 1.807) is 12.1 Å². The molecule has 0 atom stereocenters. The zero-order valence-corrected chi connectivity index (χ0v) is 7.54. The summed E-state index contributed by atoms with van der Waals surface area (Å²) in [5, 5.41) is 11.5. The molecule has 0 unspecified atom stereocenters. The zero-order valence-electron chi connectivity index (χ0n) is 7.54. The number of hydrogen-bond donors (Lipinski definition) is 1. The van der Waals surface area contributed by atoms with Gasteiger partial charge in [0.05, 0.1) is 0 Å². The van der Waals surface area contributed by atoms with Crippen molar-refractivity contribution >= 4 is 12.2 Å². The van der Waals surface area contributed by atoms with E-state index in [1.807, 2.05) is 19.1 Å². The minimum atomic E-state index is 0.334. The van der Waals surface area contributed by atoms with E-state index in [-0.39, 0.29) is 0 Å². The molecule has 12 heavy (non-hydrogen) atoms. The fourth-order valence-electron chi connectivity index (χ4n) is 1.22. The van der Waals surface area contributed by atoms with E-state index in [4.69, 9.17) is 0 Å². The predicted molar refractivity (Wildman–Crippen MR) is 52.3 cm³/mol. The summed E-state index contributed by atoms with van der Waals surface area (Å²) in [5.41, 5.74) is 0. The van der Waals surface area contributed by atoms with Crippen molar-refractivity contribution in [2.75, 3.05) is 0 Å². The Hall–Kier alpha value is -1.24. The van der Waals surface area contributed by atoms with Gasteiger partial charge < -0.3 is 5.11 Å². The van der Waals surface area contributed by atoms with Crippen LogP contribution in [0.25, 0.3) is 12.2 Å². The van der Waals surface area contributed by atoms with Crippen LogP contribution in [0.1, 0.15) is 20.3 Å². The van der Waals surface area contributed by atoms with E-state index in [9.17, 15) is 5.11 Å². The minimum Gasteiger partial charge on any atom is -0.508 e. The second-order valence-electron chi connectivity index (χ2n) is 2.71. The van der Waals surface area contributed by atoms with Crippen LogP contribution in [0.5, 0.6) is 5.75 Å². The molecule has 64 valence electrons. The standard InChI is InChI=1S/C11H14O/c1-3-5-10-8-11(12)7-6-9(10)4-2/h4-8,12H,3H2,1-2H3/b9-4-,10-5-. The summed E-state index contributed by atoms with van der Waals surface area (Å²) in [6.45, 7) is 4.09. The van der Waals surface area contributed by atoms with Gasteiger partial charge in [-0.3, -0.25) is 0 Å². The summed E-state index contributed by atoms with van der Waals surface area (Å²) in [7, 11) is 0. The maximum Gasteiger partial charge on any atom is 0.116 e. The molecule has 1 nitrogen and oxygen atoms in total. The maximum atomic E-state index is 9.23. The summed E-state index contributed by atoms with van der Waals surface area (Å²) < 4.78 is 0. The lowest BCUT2D eigenvalue weighted by Crippen LogP contribution is -2.22.